The Kier molecular flexibility index (Phi) is 8.73. The number of fused-ring (bicyclic) bond motifs is 4. The van der Waals surface area contributed by atoms with E-state index in [-0.39, 0.29) is 58.7 Å². The Bertz CT molecular complexity index is 1610. The van der Waals surface area contributed by atoms with E-state index in [2.05, 4.69) is 28.5 Å². The lowest BCUT2D eigenvalue weighted by Crippen LogP contribution is -2.54. The zero-order valence-corrected chi connectivity index (χ0v) is 26.1. The van der Waals surface area contributed by atoms with Crippen molar-refractivity contribution in [2.45, 2.75) is 70.9 Å². The number of hydrogen-bond acceptors (Lipinski definition) is 7. The molecule has 228 valence electrons. The van der Waals surface area contributed by atoms with Crippen molar-refractivity contribution in [2.75, 3.05) is 24.4 Å². The van der Waals surface area contributed by atoms with Gasteiger partial charge in [0.05, 0.1) is 16.6 Å². The number of aromatic nitrogens is 2. The summed E-state index contributed by atoms with van der Waals surface area (Å²) >= 11 is 0. The normalized spacial score (nSPS) is 19.1. The molecule has 0 radical (unpaired) electrons. The number of benzene rings is 2. The second-order valence-corrected chi connectivity index (χ2v) is 13.5. The minimum Gasteiger partial charge on any atom is -0.475 e. The van der Waals surface area contributed by atoms with Gasteiger partial charge in [-0.25, -0.2) is 18.1 Å². The third-order valence-electron chi connectivity index (χ3n) is 8.16. The molecule has 0 saturated carbocycles. The van der Waals surface area contributed by atoms with Gasteiger partial charge in [0.2, 0.25) is 17.7 Å². The highest BCUT2D eigenvalue weighted by molar-refractivity contribution is 7.92. The molecular formula is C32H39N5O5S. The van der Waals surface area contributed by atoms with Gasteiger partial charge >= 0.3 is 0 Å². The zero-order valence-electron chi connectivity index (χ0n) is 25.3. The van der Waals surface area contributed by atoms with E-state index in [9.17, 15) is 18.0 Å². The van der Waals surface area contributed by atoms with Gasteiger partial charge in [0.1, 0.15) is 6.61 Å². The number of rotatable bonds is 4. The Morgan fingerprint density at radius 2 is 1.72 bits per heavy atom. The molecule has 1 aromatic heterocycles. The fourth-order valence-electron chi connectivity index (χ4n) is 6.09. The predicted molar refractivity (Wildman–Crippen MR) is 164 cm³/mol. The summed E-state index contributed by atoms with van der Waals surface area (Å²) in [6.45, 7) is 11.0. The van der Waals surface area contributed by atoms with Crippen molar-refractivity contribution in [1.82, 2.24) is 19.8 Å². The summed E-state index contributed by atoms with van der Waals surface area (Å²) in [7, 11) is -4.14. The Hall–Kier alpha value is -3.99. The van der Waals surface area contributed by atoms with Crippen LogP contribution in [0.4, 0.5) is 5.95 Å². The molecule has 5 rings (SSSR count). The molecule has 3 heterocycles. The van der Waals surface area contributed by atoms with Crippen LogP contribution < -0.4 is 9.46 Å². The van der Waals surface area contributed by atoms with Crippen LogP contribution in [-0.2, 0) is 14.8 Å². The van der Waals surface area contributed by atoms with Crippen molar-refractivity contribution in [3.8, 4) is 17.1 Å². The van der Waals surface area contributed by atoms with E-state index >= 15 is 0 Å². The fraction of sp³-hybridized carbons (Fsp3) is 0.438. The number of nitrogens with zero attached hydrogens (tertiary/aromatic N) is 4. The molecule has 0 spiro atoms. The van der Waals surface area contributed by atoms with Gasteiger partial charge in [-0.2, -0.15) is 4.98 Å². The van der Waals surface area contributed by atoms with E-state index in [4.69, 9.17) is 4.74 Å². The van der Waals surface area contributed by atoms with Gasteiger partial charge < -0.3 is 14.5 Å². The van der Waals surface area contributed by atoms with Crippen LogP contribution in [0.1, 0.15) is 61.5 Å². The number of anilines is 1. The Morgan fingerprint density at radius 3 is 2.37 bits per heavy atom. The summed E-state index contributed by atoms with van der Waals surface area (Å²) in [4.78, 5) is 38.9. The summed E-state index contributed by atoms with van der Waals surface area (Å²) < 4.78 is 36.0. The molecular weight excluding hydrogens is 566 g/mol. The van der Waals surface area contributed by atoms with E-state index in [1.54, 1.807) is 30.0 Å². The SMILES string of the molecule is CC(=O)N1CCC(N2C(=O)c3cccc(c3)S(=O)(=O)Nc3nc(cc(-c4c(C)cccc4C)n3)OC[C@H]2CC(C)C)CC1. The van der Waals surface area contributed by atoms with Gasteiger partial charge in [0.15, 0.2) is 0 Å². The van der Waals surface area contributed by atoms with Crippen LogP contribution in [0.15, 0.2) is 53.4 Å². The molecule has 2 aromatic carbocycles. The summed E-state index contributed by atoms with van der Waals surface area (Å²) in [5, 5.41) is 0. The number of likely N-dealkylation sites (tertiary alicyclic amines) is 1. The minimum absolute atomic E-state index is 0.0152. The summed E-state index contributed by atoms with van der Waals surface area (Å²) in [5.41, 5.74) is 3.64. The van der Waals surface area contributed by atoms with Crippen LogP contribution in [0, 0.1) is 19.8 Å². The lowest BCUT2D eigenvalue weighted by molar-refractivity contribution is -0.130. The first-order chi connectivity index (χ1) is 20.4. The monoisotopic (exact) mass is 605 g/mol. The van der Waals surface area contributed by atoms with Crippen LogP contribution in [0.25, 0.3) is 11.3 Å². The van der Waals surface area contributed by atoms with E-state index in [0.29, 0.717) is 38.0 Å². The molecule has 1 fully saturated rings. The molecule has 0 unspecified atom stereocenters. The quantitative estimate of drug-likeness (QED) is 0.453. The van der Waals surface area contributed by atoms with Crippen LogP contribution in [0.3, 0.4) is 0 Å². The van der Waals surface area contributed by atoms with Gasteiger partial charge in [-0.3, -0.25) is 9.59 Å². The lowest BCUT2D eigenvalue weighted by atomic mass is 9.95. The van der Waals surface area contributed by atoms with Crippen molar-refractivity contribution in [3.63, 3.8) is 0 Å². The smallest absolute Gasteiger partial charge is 0.264 e. The van der Waals surface area contributed by atoms with Crippen molar-refractivity contribution in [3.05, 3.63) is 65.2 Å². The molecule has 4 bridgehead atoms. The minimum atomic E-state index is -4.14. The average molecular weight is 606 g/mol. The van der Waals surface area contributed by atoms with E-state index in [1.165, 1.54) is 12.1 Å². The summed E-state index contributed by atoms with van der Waals surface area (Å²) in [5.74, 6) is 0.0996. The Labute approximate surface area is 253 Å². The highest BCUT2D eigenvalue weighted by Gasteiger charge is 2.36. The van der Waals surface area contributed by atoms with Crippen molar-refractivity contribution in [1.29, 1.82) is 0 Å². The van der Waals surface area contributed by atoms with E-state index in [0.717, 1.165) is 16.7 Å². The number of sulfonamides is 1. The number of piperidine rings is 1. The second-order valence-electron chi connectivity index (χ2n) is 11.9. The van der Waals surface area contributed by atoms with Crippen molar-refractivity contribution < 1.29 is 22.7 Å². The van der Waals surface area contributed by atoms with Gasteiger partial charge in [0.25, 0.3) is 15.9 Å². The zero-order chi connectivity index (χ0) is 30.9. The molecule has 3 aromatic rings. The second kappa shape index (κ2) is 12.3. The van der Waals surface area contributed by atoms with Crippen LogP contribution >= 0.6 is 0 Å². The third kappa shape index (κ3) is 6.66. The molecule has 2 aliphatic heterocycles. The molecule has 0 aliphatic carbocycles. The van der Waals surface area contributed by atoms with Crippen LogP contribution in [0.2, 0.25) is 0 Å². The van der Waals surface area contributed by atoms with Gasteiger partial charge in [0, 0.05) is 43.2 Å². The molecule has 10 nitrogen and oxygen atoms in total. The lowest BCUT2D eigenvalue weighted by Gasteiger charge is -2.42. The van der Waals surface area contributed by atoms with E-state index < -0.39 is 10.0 Å². The first kappa shape index (κ1) is 30.5. The largest absolute Gasteiger partial charge is 0.475 e. The molecule has 2 amide bonds. The third-order valence-corrected chi connectivity index (χ3v) is 9.48. The molecule has 43 heavy (non-hydrogen) atoms. The number of carbonyl (C=O) groups excluding carboxylic acids is 2. The standard InChI is InChI=1S/C32H39N5O5S/c1-20(2)16-26-19-42-29-18-28(30-21(3)8-6-9-22(30)4)33-32(34-29)35-43(40,41)27-11-7-10-24(17-27)31(39)37(26)25-12-14-36(15-13-25)23(5)38/h6-11,17-18,20,25-26H,12-16,19H2,1-5H3,(H,33,34,35)/t26-/m1/s1. The van der Waals surface area contributed by atoms with Crippen molar-refractivity contribution in [2.24, 2.45) is 5.92 Å². The van der Waals surface area contributed by atoms with Crippen molar-refractivity contribution >= 4 is 27.8 Å². The number of hydrogen-bond donors (Lipinski definition) is 1. The highest BCUT2D eigenvalue weighted by Crippen LogP contribution is 2.31. The van der Waals surface area contributed by atoms with Gasteiger partial charge in [-0.05, 0) is 68.4 Å². The number of aryl methyl sites for hydroxylation is 2. The topological polar surface area (TPSA) is 122 Å². The molecule has 2 aliphatic rings. The first-order valence-electron chi connectivity index (χ1n) is 14.7. The first-order valence-corrected chi connectivity index (χ1v) is 16.2. The average Bonchev–Trinajstić information content (AvgIpc) is 2.95. The maximum Gasteiger partial charge on any atom is 0.264 e. The maximum absolute atomic E-state index is 14.3. The molecule has 11 heteroatoms. The number of nitrogens with one attached hydrogen (secondary N) is 1. The molecule has 1 N–H and O–H groups in total. The summed E-state index contributed by atoms with van der Waals surface area (Å²) in [6, 6.07) is 13.2. The predicted octanol–water partition coefficient (Wildman–Crippen LogP) is 4.82. The molecule has 1 atom stereocenters. The van der Waals surface area contributed by atoms with Gasteiger partial charge in [-0.1, -0.05) is 38.1 Å². The van der Waals surface area contributed by atoms with Crippen LogP contribution in [0.5, 0.6) is 5.88 Å². The Balaban J connectivity index is 1.64. The number of amides is 2. The van der Waals surface area contributed by atoms with E-state index in [1.807, 2.05) is 36.9 Å². The maximum atomic E-state index is 14.3. The number of ether oxygens (including phenoxy) is 1. The molecule has 1 saturated heterocycles. The highest BCUT2D eigenvalue weighted by atomic mass is 32.2. The number of carbonyl (C=O) groups is 2. The Morgan fingerprint density at radius 1 is 1.05 bits per heavy atom. The summed E-state index contributed by atoms with van der Waals surface area (Å²) in [6.07, 6.45) is 1.90. The fourth-order valence-corrected chi connectivity index (χ4v) is 7.08. The van der Waals surface area contributed by atoms with Gasteiger partial charge in [-0.15, -0.1) is 0 Å². The van der Waals surface area contributed by atoms with Crippen LogP contribution in [-0.4, -0.2) is 71.8 Å².